The number of anilines is 1. The van der Waals surface area contributed by atoms with E-state index < -0.39 is 6.10 Å². The fourth-order valence-corrected chi connectivity index (χ4v) is 2.26. The summed E-state index contributed by atoms with van der Waals surface area (Å²) in [5.41, 5.74) is 2.97. The lowest BCUT2D eigenvalue weighted by molar-refractivity contribution is -0.122. The maximum atomic E-state index is 12.2. The molecule has 3 nitrogen and oxygen atoms in total. The summed E-state index contributed by atoms with van der Waals surface area (Å²) in [4.78, 5) is 12.2. The van der Waals surface area contributed by atoms with Crippen LogP contribution < -0.4 is 10.1 Å². The molecule has 110 valence electrons. The molecule has 0 aliphatic rings. The zero-order valence-corrected chi connectivity index (χ0v) is 13.1. The highest BCUT2D eigenvalue weighted by molar-refractivity contribution is 6.32. The van der Waals surface area contributed by atoms with Gasteiger partial charge in [0, 0.05) is 5.69 Å². The molecule has 0 aliphatic heterocycles. The molecule has 21 heavy (non-hydrogen) atoms. The van der Waals surface area contributed by atoms with Crippen LogP contribution in [0.15, 0.2) is 42.5 Å². The average Bonchev–Trinajstić information content (AvgIpc) is 2.40. The number of rotatable bonds is 4. The van der Waals surface area contributed by atoms with Crippen molar-refractivity contribution in [2.45, 2.75) is 26.9 Å². The van der Waals surface area contributed by atoms with Crippen molar-refractivity contribution < 1.29 is 9.53 Å². The van der Waals surface area contributed by atoms with Crippen molar-refractivity contribution >= 4 is 23.2 Å². The smallest absolute Gasteiger partial charge is 0.265 e. The summed E-state index contributed by atoms with van der Waals surface area (Å²) in [7, 11) is 0. The van der Waals surface area contributed by atoms with Gasteiger partial charge >= 0.3 is 0 Å². The first-order valence-electron chi connectivity index (χ1n) is 6.76. The molecule has 0 fully saturated rings. The summed E-state index contributed by atoms with van der Waals surface area (Å²) >= 11 is 6.02. The summed E-state index contributed by atoms with van der Waals surface area (Å²) in [5.74, 6) is 0.294. The van der Waals surface area contributed by atoms with Crippen molar-refractivity contribution in [2.24, 2.45) is 0 Å². The Hall–Kier alpha value is -2.00. The third-order valence-electron chi connectivity index (χ3n) is 3.00. The number of benzene rings is 2. The summed E-state index contributed by atoms with van der Waals surface area (Å²) in [6.07, 6.45) is -0.634. The lowest BCUT2D eigenvalue weighted by Gasteiger charge is -2.16. The molecule has 0 aromatic heterocycles. The molecule has 0 heterocycles. The molecule has 0 radical (unpaired) electrons. The highest BCUT2D eigenvalue weighted by Crippen LogP contribution is 2.24. The van der Waals surface area contributed by atoms with Gasteiger partial charge in [-0.2, -0.15) is 0 Å². The third-order valence-corrected chi connectivity index (χ3v) is 3.31. The molecule has 1 N–H and O–H groups in total. The molecule has 2 aromatic carbocycles. The first-order valence-corrected chi connectivity index (χ1v) is 7.14. The van der Waals surface area contributed by atoms with E-state index in [9.17, 15) is 4.79 Å². The van der Waals surface area contributed by atoms with Crippen molar-refractivity contribution in [2.75, 3.05) is 5.32 Å². The zero-order valence-electron chi connectivity index (χ0n) is 12.3. The van der Waals surface area contributed by atoms with Crippen molar-refractivity contribution in [1.82, 2.24) is 0 Å². The van der Waals surface area contributed by atoms with Gasteiger partial charge in [-0.25, -0.2) is 0 Å². The molecule has 2 aromatic rings. The fraction of sp³-hybridized carbons (Fsp3) is 0.235. The van der Waals surface area contributed by atoms with Crippen LogP contribution in [0.4, 0.5) is 5.69 Å². The van der Waals surface area contributed by atoms with Gasteiger partial charge in [-0.15, -0.1) is 0 Å². The van der Waals surface area contributed by atoms with Crippen LogP contribution in [-0.2, 0) is 4.79 Å². The van der Waals surface area contributed by atoms with E-state index in [1.165, 1.54) is 0 Å². The van der Waals surface area contributed by atoms with Crippen molar-refractivity contribution in [3.8, 4) is 5.75 Å². The number of para-hydroxylation sites is 1. The fourth-order valence-electron chi connectivity index (χ4n) is 2.08. The minimum atomic E-state index is -0.634. The second-order valence-electron chi connectivity index (χ2n) is 5.06. The zero-order chi connectivity index (χ0) is 15.4. The van der Waals surface area contributed by atoms with Crippen LogP contribution in [0.25, 0.3) is 0 Å². The highest BCUT2D eigenvalue weighted by atomic mass is 35.5. The van der Waals surface area contributed by atoms with Gasteiger partial charge in [0.1, 0.15) is 5.75 Å². The summed E-state index contributed by atoms with van der Waals surface area (Å²) in [6, 6.07) is 13.0. The van der Waals surface area contributed by atoms with Gasteiger partial charge in [0.15, 0.2) is 6.10 Å². The number of hydrogen-bond acceptors (Lipinski definition) is 2. The van der Waals surface area contributed by atoms with E-state index in [0.29, 0.717) is 10.8 Å². The lowest BCUT2D eigenvalue weighted by Crippen LogP contribution is -2.30. The molecule has 4 heteroatoms. The molecule has 0 saturated heterocycles. The largest absolute Gasteiger partial charge is 0.479 e. The quantitative estimate of drug-likeness (QED) is 0.911. The van der Waals surface area contributed by atoms with Crippen molar-refractivity contribution in [3.63, 3.8) is 0 Å². The van der Waals surface area contributed by atoms with E-state index in [4.69, 9.17) is 16.3 Å². The van der Waals surface area contributed by atoms with Crippen LogP contribution in [0, 0.1) is 13.8 Å². The number of amides is 1. The molecule has 1 amide bonds. The Bertz CT molecular complexity index is 635. The van der Waals surface area contributed by atoms with Gasteiger partial charge in [-0.3, -0.25) is 4.79 Å². The number of nitrogens with one attached hydrogen (secondary N) is 1. The Morgan fingerprint density at radius 3 is 2.38 bits per heavy atom. The number of carbonyl (C=O) groups is 1. The van der Waals surface area contributed by atoms with Gasteiger partial charge in [0.05, 0.1) is 5.02 Å². The molecule has 0 unspecified atom stereocenters. The second kappa shape index (κ2) is 6.64. The molecule has 2 rings (SSSR count). The van der Waals surface area contributed by atoms with Crippen molar-refractivity contribution in [3.05, 3.63) is 58.6 Å². The number of hydrogen-bond donors (Lipinski definition) is 1. The predicted molar refractivity (Wildman–Crippen MR) is 86.1 cm³/mol. The maximum absolute atomic E-state index is 12.2. The Balaban J connectivity index is 2.04. The van der Waals surface area contributed by atoms with Gasteiger partial charge in [0.25, 0.3) is 5.91 Å². The van der Waals surface area contributed by atoms with Crippen LogP contribution in [0.3, 0.4) is 0 Å². The average molecular weight is 304 g/mol. The van der Waals surface area contributed by atoms with Crippen molar-refractivity contribution in [1.29, 1.82) is 0 Å². The van der Waals surface area contributed by atoms with E-state index >= 15 is 0 Å². The van der Waals surface area contributed by atoms with Crippen LogP contribution >= 0.6 is 11.6 Å². The van der Waals surface area contributed by atoms with Crippen LogP contribution in [0.2, 0.25) is 5.02 Å². The number of carbonyl (C=O) groups excluding carboxylic acids is 1. The number of ether oxygens (including phenoxy) is 1. The lowest BCUT2D eigenvalue weighted by atomic mass is 10.1. The van der Waals surface area contributed by atoms with Gasteiger partial charge in [0.2, 0.25) is 0 Å². The molecular formula is C17H18ClNO2. The van der Waals surface area contributed by atoms with Gasteiger partial charge in [-0.05, 0) is 56.2 Å². The first kappa shape index (κ1) is 15.4. The molecule has 0 bridgehead atoms. The molecule has 0 spiro atoms. The summed E-state index contributed by atoms with van der Waals surface area (Å²) in [6.45, 7) is 5.68. The summed E-state index contributed by atoms with van der Waals surface area (Å²) in [5, 5.41) is 3.35. The van der Waals surface area contributed by atoms with E-state index in [2.05, 4.69) is 11.4 Å². The Kier molecular flexibility index (Phi) is 4.86. The Labute approximate surface area is 129 Å². The monoisotopic (exact) mass is 303 g/mol. The van der Waals surface area contributed by atoms with E-state index in [1.54, 1.807) is 19.1 Å². The third kappa shape index (κ3) is 4.23. The first-order chi connectivity index (χ1) is 9.95. The highest BCUT2D eigenvalue weighted by Gasteiger charge is 2.16. The van der Waals surface area contributed by atoms with Crippen LogP contribution in [0.5, 0.6) is 5.75 Å². The minimum Gasteiger partial charge on any atom is -0.479 e. The van der Waals surface area contributed by atoms with Crippen LogP contribution in [-0.4, -0.2) is 12.0 Å². The van der Waals surface area contributed by atoms with E-state index in [1.807, 2.05) is 38.1 Å². The topological polar surface area (TPSA) is 38.3 Å². The molecular weight excluding hydrogens is 286 g/mol. The molecule has 1 atom stereocenters. The van der Waals surface area contributed by atoms with Crippen LogP contribution in [0.1, 0.15) is 18.1 Å². The molecule has 0 saturated carbocycles. The SMILES string of the molecule is Cc1cc(C)cc(NC(=O)[C@@H](C)Oc2ccccc2Cl)c1. The normalized spacial score (nSPS) is 11.8. The second-order valence-corrected chi connectivity index (χ2v) is 5.46. The molecule has 0 aliphatic carbocycles. The number of halogens is 1. The van der Waals surface area contributed by atoms with Gasteiger partial charge in [-0.1, -0.05) is 29.8 Å². The number of aryl methyl sites for hydroxylation is 2. The standard InChI is InChI=1S/C17H18ClNO2/c1-11-8-12(2)10-14(9-11)19-17(20)13(3)21-16-7-5-4-6-15(16)18/h4-10,13H,1-3H3,(H,19,20)/t13-/m1/s1. The summed E-state index contributed by atoms with van der Waals surface area (Å²) < 4.78 is 5.60. The van der Waals surface area contributed by atoms with Gasteiger partial charge < -0.3 is 10.1 Å². The minimum absolute atomic E-state index is 0.208. The van der Waals surface area contributed by atoms with E-state index in [0.717, 1.165) is 16.8 Å². The van der Waals surface area contributed by atoms with E-state index in [-0.39, 0.29) is 5.91 Å². The maximum Gasteiger partial charge on any atom is 0.265 e. The Morgan fingerprint density at radius 1 is 1.14 bits per heavy atom. The Morgan fingerprint density at radius 2 is 1.76 bits per heavy atom. The predicted octanol–water partition coefficient (Wildman–Crippen LogP) is 4.36.